The van der Waals surface area contributed by atoms with E-state index in [2.05, 4.69) is 14.9 Å². The SMILES string of the molecule is NC(=O)/C=C/c1c[nH]c2ncc(N3CCN(C(=O)[C@H]4C[C@@H](C(F)(F)F)C4)CC3)cc12. The molecule has 1 aliphatic heterocycles. The number of piperazine rings is 1. The van der Waals surface area contributed by atoms with Gasteiger partial charge in [-0.05, 0) is 25.0 Å². The number of amides is 2. The standard InChI is InChI=1S/C20H22F3N5O2/c21-20(22,23)14-7-13(8-14)19(30)28-5-3-27(4-6-28)15-9-16-12(1-2-17(24)29)10-25-18(16)26-11-15/h1-2,9-11,13-14H,3-8H2,(H2,24,29)(H,25,26)/b2-1+/t13-,14+. The Morgan fingerprint density at radius 2 is 1.90 bits per heavy atom. The molecule has 0 bridgehead atoms. The fourth-order valence-corrected chi connectivity index (χ4v) is 4.03. The molecule has 160 valence electrons. The quantitative estimate of drug-likeness (QED) is 0.741. The van der Waals surface area contributed by atoms with Crippen molar-refractivity contribution in [2.75, 3.05) is 31.1 Å². The highest BCUT2D eigenvalue weighted by Crippen LogP contribution is 2.45. The minimum Gasteiger partial charge on any atom is -0.367 e. The van der Waals surface area contributed by atoms with Gasteiger partial charge in [0.15, 0.2) is 0 Å². The van der Waals surface area contributed by atoms with Gasteiger partial charge in [-0.3, -0.25) is 9.59 Å². The number of fused-ring (bicyclic) bond motifs is 1. The molecule has 1 saturated carbocycles. The lowest BCUT2D eigenvalue weighted by molar-refractivity contribution is -0.206. The number of H-pyrrole nitrogens is 1. The van der Waals surface area contributed by atoms with E-state index >= 15 is 0 Å². The molecule has 4 rings (SSSR count). The van der Waals surface area contributed by atoms with E-state index in [4.69, 9.17) is 5.73 Å². The summed E-state index contributed by atoms with van der Waals surface area (Å²) in [4.78, 5) is 34.7. The van der Waals surface area contributed by atoms with Gasteiger partial charge < -0.3 is 20.5 Å². The fraction of sp³-hybridized carbons (Fsp3) is 0.450. The van der Waals surface area contributed by atoms with Gasteiger partial charge in [0, 0.05) is 55.3 Å². The van der Waals surface area contributed by atoms with E-state index in [0.717, 1.165) is 16.6 Å². The third-order valence-corrected chi connectivity index (χ3v) is 5.88. The first kappa shape index (κ1) is 20.2. The van der Waals surface area contributed by atoms with Crippen LogP contribution in [0.15, 0.2) is 24.5 Å². The number of pyridine rings is 1. The number of aromatic nitrogens is 2. The van der Waals surface area contributed by atoms with Crippen LogP contribution in [0.1, 0.15) is 18.4 Å². The van der Waals surface area contributed by atoms with E-state index < -0.39 is 23.9 Å². The van der Waals surface area contributed by atoms with Crippen LogP contribution in [0.4, 0.5) is 18.9 Å². The average molecular weight is 421 g/mol. The van der Waals surface area contributed by atoms with E-state index in [1.165, 1.54) is 6.08 Å². The number of hydrogen-bond donors (Lipinski definition) is 2. The maximum Gasteiger partial charge on any atom is 0.391 e. The van der Waals surface area contributed by atoms with Gasteiger partial charge in [-0.2, -0.15) is 13.2 Å². The lowest BCUT2D eigenvalue weighted by Gasteiger charge is -2.41. The summed E-state index contributed by atoms with van der Waals surface area (Å²) in [7, 11) is 0. The minimum atomic E-state index is -4.20. The summed E-state index contributed by atoms with van der Waals surface area (Å²) in [6.07, 6.45) is 1.98. The molecule has 3 N–H and O–H groups in total. The van der Waals surface area contributed by atoms with Gasteiger partial charge in [0.05, 0.1) is 17.8 Å². The molecule has 10 heteroatoms. The molecule has 7 nitrogen and oxygen atoms in total. The van der Waals surface area contributed by atoms with Gasteiger partial charge in [0.25, 0.3) is 0 Å². The monoisotopic (exact) mass is 421 g/mol. The third kappa shape index (κ3) is 3.99. The summed E-state index contributed by atoms with van der Waals surface area (Å²) < 4.78 is 38.0. The number of aromatic amines is 1. The number of rotatable bonds is 4. The van der Waals surface area contributed by atoms with E-state index in [1.54, 1.807) is 23.4 Å². The number of nitrogens with zero attached hydrogens (tertiary/aromatic N) is 3. The molecular formula is C20H22F3N5O2. The summed E-state index contributed by atoms with van der Waals surface area (Å²) in [6.45, 7) is 2.08. The van der Waals surface area contributed by atoms with E-state index in [9.17, 15) is 22.8 Å². The number of nitrogens with two attached hydrogens (primary N) is 1. The van der Waals surface area contributed by atoms with Crippen molar-refractivity contribution in [1.29, 1.82) is 0 Å². The summed E-state index contributed by atoms with van der Waals surface area (Å²) in [5.41, 5.74) is 7.50. The molecule has 3 heterocycles. The second-order valence-electron chi connectivity index (χ2n) is 7.79. The van der Waals surface area contributed by atoms with Crippen molar-refractivity contribution in [1.82, 2.24) is 14.9 Å². The van der Waals surface area contributed by atoms with Crippen LogP contribution in [0.5, 0.6) is 0 Å². The molecule has 0 unspecified atom stereocenters. The molecule has 0 aromatic carbocycles. The zero-order valence-corrected chi connectivity index (χ0v) is 16.2. The van der Waals surface area contributed by atoms with Crippen LogP contribution in [0.2, 0.25) is 0 Å². The minimum absolute atomic E-state index is 0.0990. The van der Waals surface area contributed by atoms with Crippen molar-refractivity contribution in [3.05, 3.63) is 30.1 Å². The van der Waals surface area contributed by atoms with Gasteiger partial charge in [0.2, 0.25) is 11.8 Å². The Morgan fingerprint density at radius 1 is 1.20 bits per heavy atom. The number of carbonyl (C=O) groups excluding carboxylic acids is 2. The second-order valence-corrected chi connectivity index (χ2v) is 7.79. The Bertz CT molecular complexity index is 986. The summed E-state index contributed by atoms with van der Waals surface area (Å²) >= 11 is 0. The molecule has 30 heavy (non-hydrogen) atoms. The lowest BCUT2D eigenvalue weighted by Crippen LogP contribution is -2.53. The predicted molar refractivity (Wildman–Crippen MR) is 105 cm³/mol. The summed E-state index contributed by atoms with van der Waals surface area (Å²) in [5, 5.41) is 0.844. The average Bonchev–Trinajstić information content (AvgIpc) is 3.06. The Kier molecular flexibility index (Phi) is 5.17. The van der Waals surface area contributed by atoms with Crippen molar-refractivity contribution in [2.24, 2.45) is 17.6 Å². The molecule has 0 spiro atoms. The van der Waals surface area contributed by atoms with Gasteiger partial charge in [-0.15, -0.1) is 0 Å². The predicted octanol–water partition coefficient (Wildman–Crippen LogP) is 2.30. The van der Waals surface area contributed by atoms with Crippen LogP contribution in [0.25, 0.3) is 17.1 Å². The first-order valence-corrected chi connectivity index (χ1v) is 9.77. The number of anilines is 1. The highest BCUT2D eigenvalue weighted by molar-refractivity contribution is 5.95. The Balaban J connectivity index is 1.38. The highest BCUT2D eigenvalue weighted by atomic mass is 19.4. The van der Waals surface area contributed by atoms with Crippen molar-refractivity contribution in [3.63, 3.8) is 0 Å². The van der Waals surface area contributed by atoms with Crippen molar-refractivity contribution >= 4 is 34.6 Å². The van der Waals surface area contributed by atoms with Gasteiger partial charge in [-0.25, -0.2) is 4.98 Å². The summed E-state index contributed by atoms with van der Waals surface area (Å²) in [5.74, 6) is -2.57. The second kappa shape index (κ2) is 7.66. The molecule has 2 aliphatic rings. The van der Waals surface area contributed by atoms with Crippen LogP contribution >= 0.6 is 0 Å². The van der Waals surface area contributed by atoms with Gasteiger partial charge in [-0.1, -0.05) is 0 Å². The highest BCUT2D eigenvalue weighted by Gasteiger charge is 2.50. The molecule has 0 atom stereocenters. The first-order chi connectivity index (χ1) is 14.2. The zero-order chi connectivity index (χ0) is 21.5. The van der Waals surface area contributed by atoms with Crippen molar-refractivity contribution < 1.29 is 22.8 Å². The van der Waals surface area contributed by atoms with Crippen molar-refractivity contribution in [2.45, 2.75) is 19.0 Å². The van der Waals surface area contributed by atoms with Crippen molar-refractivity contribution in [3.8, 4) is 0 Å². The number of alkyl halides is 3. The van der Waals surface area contributed by atoms with Crippen LogP contribution in [-0.2, 0) is 9.59 Å². The summed E-state index contributed by atoms with van der Waals surface area (Å²) in [6, 6.07) is 1.96. The molecule has 2 aromatic heterocycles. The number of halogens is 3. The van der Waals surface area contributed by atoms with Crippen LogP contribution in [-0.4, -0.2) is 59.0 Å². The van der Waals surface area contributed by atoms with Crippen LogP contribution in [0.3, 0.4) is 0 Å². The van der Waals surface area contributed by atoms with E-state index in [1.807, 2.05) is 6.07 Å². The molecule has 0 radical (unpaired) electrons. The number of carbonyl (C=O) groups is 2. The Morgan fingerprint density at radius 3 is 2.53 bits per heavy atom. The van der Waals surface area contributed by atoms with E-state index in [-0.39, 0.29) is 18.7 Å². The zero-order valence-electron chi connectivity index (χ0n) is 16.2. The Hall–Kier alpha value is -3.04. The number of nitrogens with one attached hydrogen (secondary N) is 1. The fourth-order valence-electron chi connectivity index (χ4n) is 4.03. The molecule has 2 amide bonds. The van der Waals surface area contributed by atoms with Gasteiger partial charge >= 0.3 is 6.18 Å². The van der Waals surface area contributed by atoms with Crippen LogP contribution < -0.4 is 10.6 Å². The molecule has 2 fully saturated rings. The normalized spacial score (nSPS) is 22.5. The Labute approximate surface area is 170 Å². The smallest absolute Gasteiger partial charge is 0.367 e. The third-order valence-electron chi connectivity index (χ3n) is 5.88. The molecular weight excluding hydrogens is 399 g/mol. The largest absolute Gasteiger partial charge is 0.391 e. The van der Waals surface area contributed by atoms with Gasteiger partial charge in [0.1, 0.15) is 5.65 Å². The number of hydrogen-bond acceptors (Lipinski definition) is 4. The molecule has 1 aliphatic carbocycles. The first-order valence-electron chi connectivity index (χ1n) is 9.77. The van der Waals surface area contributed by atoms with Crippen LogP contribution in [0, 0.1) is 11.8 Å². The number of primary amides is 1. The topological polar surface area (TPSA) is 95.3 Å². The maximum atomic E-state index is 12.7. The van der Waals surface area contributed by atoms with E-state index in [0.29, 0.717) is 31.8 Å². The molecule has 2 aromatic rings. The molecule has 1 saturated heterocycles. The maximum absolute atomic E-state index is 12.7. The lowest BCUT2D eigenvalue weighted by atomic mass is 9.73.